The number of carbonyl (C=O) groups is 2. The van der Waals surface area contributed by atoms with Gasteiger partial charge in [-0.2, -0.15) is 0 Å². The molecule has 0 aliphatic heterocycles. The summed E-state index contributed by atoms with van der Waals surface area (Å²) in [6, 6.07) is 9.18. The number of anilines is 1. The minimum absolute atomic E-state index is 0.0530. The van der Waals surface area contributed by atoms with Crippen molar-refractivity contribution in [2.75, 3.05) is 26.0 Å². The minimum Gasteiger partial charge on any atom is -0.496 e. The fraction of sp³-hybridized carbons (Fsp3) is 0.273. The summed E-state index contributed by atoms with van der Waals surface area (Å²) in [5, 5.41) is 3.44. The topological polar surface area (TPSA) is 58.6 Å². The van der Waals surface area contributed by atoms with E-state index >= 15 is 0 Å². The third-order valence-corrected chi connectivity index (χ3v) is 4.53. The van der Waals surface area contributed by atoms with Crippen molar-refractivity contribution < 1.29 is 14.3 Å². The van der Waals surface area contributed by atoms with E-state index in [-0.39, 0.29) is 18.4 Å². The van der Waals surface area contributed by atoms with Gasteiger partial charge in [0.05, 0.1) is 13.7 Å². The number of methoxy groups -OCH3 is 1. The van der Waals surface area contributed by atoms with Crippen LogP contribution in [0.3, 0.4) is 0 Å². The molecule has 1 N–H and O–H groups in total. The molecule has 2 amide bonds. The maximum atomic E-state index is 12.4. The van der Waals surface area contributed by atoms with Gasteiger partial charge in [0.15, 0.2) is 0 Å². The molecule has 0 atom stereocenters. The van der Waals surface area contributed by atoms with E-state index in [1.807, 2.05) is 32.9 Å². The maximum absolute atomic E-state index is 12.4. The first-order valence-corrected chi connectivity index (χ1v) is 9.23. The standard InChI is InChI=1S/C22H25ClN2O3/c1-14-10-15(2)22(16(3)11-14)24-20(26)13-25(4)21(27)9-6-17-12-18(23)7-8-19(17)28-5/h6-12H,13H2,1-5H3,(H,24,26)/b9-6+. The number of amides is 2. The summed E-state index contributed by atoms with van der Waals surface area (Å²) >= 11 is 6.00. The van der Waals surface area contributed by atoms with Crippen LogP contribution < -0.4 is 10.1 Å². The number of aryl methyl sites for hydroxylation is 3. The smallest absolute Gasteiger partial charge is 0.246 e. The lowest BCUT2D eigenvalue weighted by Gasteiger charge is -2.17. The summed E-state index contributed by atoms with van der Waals surface area (Å²) in [6.45, 7) is 5.86. The van der Waals surface area contributed by atoms with Crippen LogP contribution in [0.2, 0.25) is 5.02 Å². The summed E-state index contributed by atoms with van der Waals surface area (Å²) in [5.74, 6) is 0.0633. The highest BCUT2D eigenvalue weighted by Gasteiger charge is 2.13. The molecule has 0 radical (unpaired) electrons. The summed E-state index contributed by atoms with van der Waals surface area (Å²) in [4.78, 5) is 26.1. The predicted octanol–water partition coefficient (Wildman–Crippen LogP) is 4.38. The molecule has 0 bridgehead atoms. The summed E-state index contributed by atoms with van der Waals surface area (Å²) in [7, 11) is 3.13. The second-order valence-electron chi connectivity index (χ2n) is 6.74. The van der Waals surface area contributed by atoms with Crippen LogP contribution in [-0.2, 0) is 9.59 Å². The largest absolute Gasteiger partial charge is 0.496 e. The molecule has 2 rings (SSSR count). The van der Waals surface area contributed by atoms with Crippen LogP contribution in [0.25, 0.3) is 6.08 Å². The zero-order chi connectivity index (χ0) is 20.8. The number of ether oxygens (including phenoxy) is 1. The number of carbonyl (C=O) groups excluding carboxylic acids is 2. The molecular weight excluding hydrogens is 376 g/mol. The molecule has 0 saturated carbocycles. The Morgan fingerprint density at radius 3 is 2.39 bits per heavy atom. The fourth-order valence-corrected chi connectivity index (χ4v) is 3.15. The van der Waals surface area contributed by atoms with Crippen molar-refractivity contribution >= 4 is 35.2 Å². The van der Waals surface area contributed by atoms with Crippen molar-refractivity contribution in [3.8, 4) is 5.75 Å². The first-order valence-electron chi connectivity index (χ1n) is 8.85. The van der Waals surface area contributed by atoms with E-state index in [4.69, 9.17) is 16.3 Å². The molecule has 0 aliphatic rings. The highest BCUT2D eigenvalue weighted by molar-refractivity contribution is 6.30. The lowest BCUT2D eigenvalue weighted by molar-refractivity contribution is -0.129. The number of rotatable bonds is 6. The highest BCUT2D eigenvalue weighted by Crippen LogP contribution is 2.24. The highest BCUT2D eigenvalue weighted by atomic mass is 35.5. The lowest BCUT2D eigenvalue weighted by Crippen LogP contribution is -2.34. The van der Waals surface area contributed by atoms with Crippen LogP contribution in [-0.4, -0.2) is 37.4 Å². The van der Waals surface area contributed by atoms with Gasteiger partial charge in [-0.05, 0) is 56.2 Å². The van der Waals surface area contributed by atoms with Crippen molar-refractivity contribution in [2.45, 2.75) is 20.8 Å². The van der Waals surface area contributed by atoms with Crippen molar-refractivity contribution in [2.24, 2.45) is 0 Å². The van der Waals surface area contributed by atoms with Gasteiger partial charge in [-0.15, -0.1) is 0 Å². The molecule has 148 valence electrons. The van der Waals surface area contributed by atoms with Gasteiger partial charge in [0.25, 0.3) is 0 Å². The van der Waals surface area contributed by atoms with Gasteiger partial charge in [-0.25, -0.2) is 0 Å². The molecule has 28 heavy (non-hydrogen) atoms. The fourth-order valence-electron chi connectivity index (χ4n) is 2.97. The average Bonchev–Trinajstić information content (AvgIpc) is 2.62. The Hall–Kier alpha value is -2.79. The van der Waals surface area contributed by atoms with Gasteiger partial charge in [0.1, 0.15) is 5.75 Å². The number of halogens is 1. The van der Waals surface area contributed by atoms with Gasteiger partial charge in [0, 0.05) is 29.4 Å². The molecule has 0 saturated heterocycles. The van der Waals surface area contributed by atoms with Gasteiger partial charge >= 0.3 is 0 Å². The zero-order valence-corrected chi connectivity index (χ0v) is 17.6. The van der Waals surface area contributed by atoms with E-state index in [0.717, 1.165) is 22.4 Å². The van der Waals surface area contributed by atoms with Crippen molar-refractivity contribution in [1.82, 2.24) is 4.90 Å². The quantitative estimate of drug-likeness (QED) is 0.732. The van der Waals surface area contributed by atoms with Crippen molar-refractivity contribution in [1.29, 1.82) is 0 Å². The molecule has 0 aliphatic carbocycles. The Bertz CT molecular complexity index is 899. The molecule has 2 aromatic rings. The van der Waals surface area contributed by atoms with E-state index in [0.29, 0.717) is 16.3 Å². The van der Waals surface area contributed by atoms with E-state index in [1.54, 1.807) is 38.4 Å². The third-order valence-electron chi connectivity index (χ3n) is 4.30. The Balaban J connectivity index is 2.02. The summed E-state index contributed by atoms with van der Waals surface area (Å²) < 4.78 is 5.26. The van der Waals surface area contributed by atoms with Crippen molar-refractivity contribution in [3.63, 3.8) is 0 Å². The maximum Gasteiger partial charge on any atom is 0.246 e. The van der Waals surface area contributed by atoms with Crippen molar-refractivity contribution in [3.05, 3.63) is 63.7 Å². The Morgan fingerprint density at radius 2 is 1.79 bits per heavy atom. The summed E-state index contributed by atoms with van der Waals surface area (Å²) in [5.41, 5.74) is 4.60. The van der Waals surface area contributed by atoms with E-state index in [2.05, 4.69) is 5.32 Å². The molecule has 6 heteroatoms. The van der Waals surface area contributed by atoms with Crippen LogP contribution >= 0.6 is 11.6 Å². The Labute approximate surface area is 170 Å². The van der Waals surface area contributed by atoms with Gasteiger partial charge in [-0.1, -0.05) is 29.3 Å². The second-order valence-corrected chi connectivity index (χ2v) is 7.17. The molecule has 5 nitrogen and oxygen atoms in total. The lowest BCUT2D eigenvalue weighted by atomic mass is 10.1. The van der Waals surface area contributed by atoms with Gasteiger partial charge < -0.3 is 15.0 Å². The second kappa shape index (κ2) is 9.42. The first kappa shape index (κ1) is 21.5. The van der Waals surface area contributed by atoms with Crippen LogP contribution in [0, 0.1) is 20.8 Å². The summed E-state index contributed by atoms with van der Waals surface area (Å²) in [6.07, 6.45) is 3.01. The van der Waals surface area contributed by atoms with Crippen LogP contribution in [0.1, 0.15) is 22.3 Å². The minimum atomic E-state index is -0.297. The normalized spacial score (nSPS) is 10.8. The van der Waals surface area contributed by atoms with Gasteiger partial charge in [-0.3, -0.25) is 9.59 Å². The molecule has 2 aromatic carbocycles. The number of nitrogens with one attached hydrogen (secondary N) is 1. The molecular formula is C22H25ClN2O3. The monoisotopic (exact) mass is 400 g/mol. The molecule has 0 spiro atoms. The zero-order valence-electron chi connectivity index (χ0n) is 16.8. The Kier molecular flexibility index (Phi) is 7.24. The third kappa shape index (κ3) is 5.60. The van der Waals surface area contributed by atoms with Crippen LogP contribution in [0.5, 0.6) is 5.75 Å². The predicted molar refractivity (Wildman–Crippen MR) is 114 cm³/mol. The van der Waals surface area contributed by atoms with Crippen LogP contribution in [0.15, 0.2) is 36.4 Å². The molecule has 0 fully saturated rings. The number of benzene rings is 2. The SMILES string of the molecule is COc1ccc(Cl)cc1/C=C/C(=O)N(C)CC(=O)Nc1c(C)cc(C)cc1C. The Morgan fingerprint density at radius 1 is 1.14 bits per heavy atom. The number of hydrogen-bond acceptors (Lipinski definition) is 3. The van der Waals surface area contributed by atoms with E-state index in [1.165, 1.54) is 11.0 Å². The number of nitrogens with zero attached hydrogens (tertiary/aromatic N) is 1. The van der Waals surface area contributed by atoms with Crippen LogP contribution in [0.4, 0.5) is 5.69 Å². The van der Waals surface area contributed by atoms with E-state index < -0.39 is 0 Å². The van der Waals surface area contributed by atoms with Gasteiger partial charge in [0.2, 0.25) is 11.8 Å². The molecule has 0 unspecified atom stereocenters. The molecule has 0 aromatic heterocycles. The molecule has 0 heterocycles. The first-order chi connectivity index (χ1) is 13.2. The average molecular weight is 401 g/mol. The number of hydrogen-bond donors (Lipinski definition) is 1. The van der Waals surface area contributed by atoms with E-state index in [9.17, 15) is 9.59 Å². The number of likely N-dealkylation sites (N-methyl/N-ethyl adjacent to an activating group) is 1.